The Morgan fingerprint density at radius 3 is 2.61 bits per heavy atom. The van der Waals surface area contributed by atoms with Crippen molar-refractivity contribution in [3.05, 3.63) is 29.8 Å². The predicted octanol–water partition coefficient (Wildman–Crippen LogP) is 1.66. The molecule has 0 aliphatic carbocycles. The summed E-state index contributed by atoms with van der Waals surface area (Å²) in [5, 5.41) is 0. The zero-order chi connectivity index (χ0) is 13.4. The van der Waals surface area contributed by atoms with Gasteiger partial charge in [0.2, 0.25) is 0 Å². The van der Waals surface area contributed by atoms with Crippen molar-refractivity contribution in [1.82, 2.24) is 4.90 Å². The second-order valence-electron chi connectivity index (χ2n) is 4.58. The van der Waals surface area contributed by atoms with E-state index >= 15 is 0 Å². The van der Waals surface area contributed by atoms with Crippen molar-refractivity contribution in [2.24, 2.45) is 5.73 Å². The molecule has 1 rings (SSSR count). The molecule has 0 heterocycles. The van der Waals surface area contributed by atoms with E-state index < -0.39 is 0 Å². The molecule has 1 aromatic carbocycles. The lowest BCUT2D eigenvalue weighted by Crippen LogP contribution is -2.20. The van der Waals surface area contributed by atoms with Crippen LogP contribution in [-0.2, 0) is 4.74 Å². The number of methoxy groups -OCH3 is 1. The Bertz CT molecular complexity index is 342. The molecule has 4 heteroatoms. The van der Waals surface area contributed by atoms with Gasteiger partial charge in [-0.2, -0.15) is 0 Å². The van der Waals surface area contributed by atoms with Crippen molar-refractivity contribution < 1.29 is 9.47 Å². The summed E-state index contributed by atoms with van der Waals surface area (Å²) >= 11 is 0. The molecule has 4 nitrogen and oxygen atoms in total. The quantitative estimate of drug-likeness (QED) is 0.715. The Morgan fingerprint density at radius 2 is 1.94 bits per heavy atom. The molecular formula is C14H24N2O2. The number of benzene rings is 1. The van der Waals surface area contributed by atoms with E-state index in [1.807, 2.05) is 38.4 Å². The van der Waals surface area contributed by atoms with Gasteiger partial charge in [-0.3, -0.25) is 0 Å². The Hall–Kier alpha value is -1.10. The average Bonchev–Trinajstić information content (AvgIpc) is 2.37. The summed E-state index contributed by atoms with van der Waals surface area (Å²) in [6.45, 7) is 2.10. The van der Waals surface area contributed by atoms with E-state index in [9.17, 15) is 0 Å². The molecule has 18 heavy (non-hydrogen) atoms. The van der Waals surface area contributed by atoms with Crippen molar-refractivity contribution in [3.8, 4) is 5.75 Å². The van der Waals surface area contributed by atoms with E-state index in [4.69, 9.17) is 15.2 Å². The molecule has 0 radical (unpaired) electrons. The van der Waals surface area contributed by atoms with Crippen molar-refractivity contribution in [1.29, 1.82) is 0 Å². The van der Waals surface area contributed by atoms with Gasteiger partial charge >= 0.3 is 0 Å². The summed E-state index contributed by atoms with van der Waals surface area (Å²) in [7, 11) is 5.76. The zero-order valence-electron chi connectivity index (χ0n) is 11.6. The summed E-state index contributed by atoms with van der Waals surface area (Å²) < 4.78 is 10.7. The topological polar surface area (TPSA) is 47.7 Å². The molecule has 0 fully saturated rings. The summed E-state index contributed by atoms with van der Waals surface area (Å²) in [5.41, 5.74) is 7.28. The lowest BCUT2D eigenvalue weighted by molar-refractivity contribution is 0.145. The van der Waals surface area contributed by atoms with Gasteiger partial charge in [-0.25, -0.2) is 0 Å². The van der Waals surface area contributed by atoms with Crippen molar-refractivity contribution in [2.75, 3.05) is 41.0 Å². The summed E-state index contributed by atoms with van der Waals surface area (Å²) in [6.07, 6.45) is 0.914. The Kier molecular flexibility index (Phi) is 6.72. The lowest BCUT2D eigenvalue weighted by atomic mass is 10.0. The third-order valence-electron chi connectivity index (χ3n) is 2.75. The van der Waals surface area contributed by atoms with Crippen LogP contribution in [-0.4, -0.2) is 45.9 Å². The first-order valence-corrected chi connectivity index (χ1v) is 6.26. The fourth-order valence-electron chi connectivity index (χ4n) is 1.71. The molecule has 0 aliphatic rings. The Labute approximate surface area is 110 Å². The first-order valence-electron chi connectivity index (χ1n) is 6.26. The summed E-state index contributed by atoms with van der Waals surface area (Å²) in [5.74, 6) is 0.862. The molecule has 0 amide bonds. The number of hydrogen-bond donors (Lipinski definition) is 1. The van der Waals surface area contributed by atoms with Crippen LogP contribution in [0.2, 0.25) is 0 Å². The fraction of sp³-hybridized carbons (Fsp3) is 0.571. The second-order valence-corrected chi connectivity index (χ2v) is 4.58. The van der Waals surface area contributed by atoms with Crippen LogP contribution in [0.4, 0.5) is 0 Å². The van der Waals surface area contributed by atoms with E-state index in [1.165, 1.54) is 0 Å². The number of hydrogen-bond acceptors (Lipinski definition) is 4. The van der Waals surface area contributed by atoms with Gasteiger partial charge < -0.3 is 20.1 Å². The van der Waals surface area contributed by atoms with Gasteiger partial charge in [-0.1, -0.05) is 18.2 Å². The summed E-state index contributed by atoms with van der Waals surface area (Å²) in [6, 6.07) is 7.95. The molecule has 2 N–H and O–H groups in total. The van der Waals surface area contributed by atoms with Gasteiger partial charge in [0.1, 0.15) is 12.4 Å². The molecule has 1 unspecified atom stereocenters. The van der Waals surface area contributed by atoms with Crippen molar-refractivity contribution in [3.63, 3.8) is 0 Å². The molecule has 102 valence electrons. The minimum atomic E-state index is 0.00569. The van der Waals surface area contributed by atoms with E-state index in [1.54, 1.807) is 7.11 Å². The predicted molar refractivity (Wildman–Crippen MR) is 73.9 cm³/mol. The number of rotatable bonds is 8. The monoisotopic (exact) mass is 252 g/mol. The van der Waals surface area contributed by atoms with Crippen LogP contribution in [0.25, 0.3) is 0 Å². The number of para-hydroxylation sites is 1. The highest BCUT2D eigenvalue weighted by atomic mass is 16.5. The normalized spacial score (nSPS) is 12.7. The van der Waals surface area contributed by atoms with Crippen LogP contribution in [0, 0.1) is 0 Å². The minimum absolute atomic E-state index is 0.00569. The molecule has 0 aromatic heterocycles. The second kappa shape index (κ2) is 8.08. The molecule has 0 saturated carbocycles. The van der Waals surface area contributed by atoms with E-state index in [0.29, 0.717) is 13.2 Å². The summed E-state index contributed by atoms with van der Waals surface area (Å²) in [4.78, 5) is 2.13. The number of nitrogens with zero attached hydrogens (tertiary/aromatic N) is 1. The highest BCUT2D eigenvalue weighted by molar-refractivity contribution is 5.35. The van der Waals surface area contributed by atoms with E-state index in [0.717, 1.165) is 24.3 Å². The van der Waals surface area contributed by atoms with Crippen LogP contribution >= 0.6 is 0 Å². The van der Waals surface area contributed by atoms with Crippen LogP contribution < -0.4 is 10.5 Å². The van der Waals surface area contributed by atoms with Gasteiger partial charge in [0.15, 0.2) is 0 Å². The minimum Gasteiger partial charge on any atom is -0.491 e. The highest BCUT2D eigenvalue weighted by Gasteiger charge is 2.11. The average molecular weight is 252 g/mol. The smallest absolute Gasteiger partial charge is 0.124 e. The fourth-order valence-corrected chi connectivity index (χ4v) is 1.71. The standard InChI is InChI=1S/C14H24N2O2/c1-16(2)9-8-13(15)12-6-4-5-7-14(12)18-11-10-17-3/h4-7,13H,8-11,15H2,1-3H3. The molecule has 0 aliphatic heterocycles. The number of nitrogens with two attached hydrogens (primary N) is 1. The van der Waals surface area contributed by atoms with Gasteiger partial charge in [-0.15, -0.1) is 0 Å². The van der Waals surface area contributed by atoms with E-state index in [2.05, 4.69) is 4.90 Å². The third kappa shape index (κ3) is 5.04. The van der Waals surface area contributed by atoms with Crippen molar-refractivity contribution >= 4 is 0 Å². The Balaban J connectivity index is 2.62. The molecule has 0 spiro atoms. The van der Waals surface area contributed by atoms with Crippen LogP contribution in [0.1, 0.15) is 18.0 Å². The Morgan fingerprint density at radius 1 is 1.22 bits per heavy atom. The molecule has 1 atom stereocenters. The largest absolute Gasteiger partial charge is 0.491 e. The van der Waals surface area contributed by atoms with Crippen LogP contribution in [0.5, 0.6) is 5.75 Å². The van der Waals surface area contributed by atoms with Gasteiger partial charge in [0.05, 0.1) is 6.61 Å². The SMILES string of the molecule is COCCOc1ccccc1C(N)CCN(C)C. The van der Waals surface area contributed by atoms with Gasteiger partial charge in [-0.05, 0) is 33.1 Å². The van der Waals surface area contributed by atoms with Crippen molar-refractivity contribution in [2.45, 2.75) is 12.5 Å². The number of ether oxygens (including phenoxy) is 2. The maximum Gasteiger partial charge on any atom is 0.124 e. The lowest BCUT2D eigenvalue weighted by Gasteiger charge is -2.18. The maximum atomic E-state index is 6.21. The van der Waals surface area contributed by atoms with Crippen LogP contribution in [0.15, 0.2) is 24.3 Å². The molecule has 1 aromatic rings. The first-order chi connectivity index (χ1) is 8.65. The molecular weight excluding hydrogens is 228 g/mol. The molecule has 0 bridgehead atoms. The maximum absolute atomic E-state index is 6.21. The van der Waals surface area contributed by atoms with Gasteiger partial charge in [0.25, 0.3) is 0 Å². The van der Waals surface area contributed by atoms with Crippen LogP contribution in [0.3, 0.4) is 0 Å². The highest BCUT2D eigenvalue weighted by Crippen LogP contribution is 2.25. The first kappa shape index (κ1) is 15.0. The zero-order valence-corrected chi connectivity index (χ0v) is 11.6. The molecule has 0 saturated heterocycles. The van der Waals surface area contributed by atoms with E-state index in [-0.39, 0.29) is 6.04 Å². The third-order valence-corrected chi connectivity index (χ3v) is 2.75. The van der Waals surface area contributed by atoms with Gasteiger partial charge in [0, 0.05) is 18.7 Å².